The van der Waals surface area contributed by atoms with Crippen LogP contribution >= 0.6 is 0 Å². The van der Waals surface area contributed by atoms with Gasteiger partial charge in [0.2, 0.25) is 0 Å². The maximum Gasteiger partial charge on any atom is 0.306 e. The lowest BCUT2D eigenvalue weighted by molar-refractivity contribution is -0.167. The van der Waals surface area contributed by atoms with Crippen molar-refractivity contribution in [1.82, 2.24) is 0 Å². The van der Waals surface area contributed by atoms with Crippen molar-refractivity contribution in [2.24, 2.45) is 0 Å². The van der Waals surface area contributed by atoms with Crippen LogP contribution in [0.4, 0.5) is 0 Å². The Morgan fingerprint density at radius 2 is 0.506 bits per heavy atom. The van der Waals surface area contributed by atoms with Crippen molar-refractivity contribution in [3.8, 4) is 0 Å². The molecule has 0 bridgehead atoms. The third-order valence-electron chi connectivity index (χ3n) is 14.7. The lowest BCUT2D eigenvalue weighted by atomic mass is 10.0. The van der Waals surface area contributed by atoms with Crippen LogP contribution in [-0.4, -0.2) is 37.2 Å². The van der Waals surface area contributed by atoms with Crippen molar-refractivity contribution < 1.29 is 28.6 Å². The van der Waals surface area contributed by atoms with Crippen LogP contribution < -0.4 is 0 Å². The highest BCUT2D eigenvalue weighted by Crippen LogP contribution is 2.18. The molecule has 0 rings (SSSR count). The summed E-state index contributed by atoms with van der Waals surface area (Å²) in [6.45, 7) is 6.57. The van der Waals surface area contributed by atoms with Gasteiger partial charge in [0.1, 0.15) is 13.2 Å². The van der Waals surface area contributed by atoms with Gasteiger partial charge in [-0.25, -0.2) is 0 Å². The zero-order valence-corrected chi connectivity index (χ0v) is 51.2. The van der Waals surface area contributed by atoms with Crippen LogP contribution in [-0.2, 0) is 28.6 Å². The molecule has 0 saturated heterocycles. The summed E-state index contributed by atoms with van der Waals surface area (Å²) in [6.07, 6.45) is 84.8. The third kappa shape index (κ3) is 63.6. The van der Waals surface area contributed by atoms with Gasteiger partial charge in [-0.1, -0.05) is 325 Å². The summed E-state index contributed by atoms with van der Waals surface area (Å²) in [5.41, 5.74) is 0. The highest BCUT2D eigenvalue weighted by Gasteiger charge is 2.19. The second-order valence-electron chi connectivity index (χ2n) is 22.4. The number of rotatable bonds is 61. The predicted molar refractivity (Wildman–Crippen MR) is 335 cm³/mol. The fourth-order valence-corrected chi connectivity index (χ4v) is 9.74. The molecule has 0 aliphatic rings. The maximum atomic E-state index is 12.9. The monoisotopic (exact) mass is 1070 g/mol. The summed E-state index contributed by atoms with van der Waals surface area (Å²) in [7, 11) is 0. The standard InChI is InChI=1S/C71H126O6/c1-4-7-10-13-16-19-22-25-28-31-33-34-35-36-38-40-43-46-49-52-55-58-61-64-70(73)76-67-68(66-75-69(72)63-60-57-54-51-48-45-42-39-30-27-24-21-18-15-12-9-6-3)77-71(74)65-62-59-56-53-50-47-44-41-37-32-29-26-23-20-17-14-11-8-5-2/h7,10,16,19,25,28,33-34,36,38,43,46,68H,4-6,8-9,11-15,17-18,20-24,26-27,29-32,35,37,39-42,44-45,47-67H2,1-3H3/b10-7-,19-16-,28-25-,34-33-,38-36-,46-43-. The van der Waals surface area contributed by atoms with E-state index >= 15 is 0 Å². The molecular formula is C71H126O6. The summed E-state index contributed by atoms with van der Waals surface area (Å²) >= 11 is 0. The van der Waals surface area contributed by atoms with Gasteiger partial charge in [0.15, 0.2) is 6.10 Å². The van der Waals surface area contributed by atoms with Gasteiger partial charge < -0.3 is 14.2 Å². The summed E-state index contributed by atoms with van der Waals surface area (Å²) in [5.74, 6) is -0.882. The normalized spacial score (nSPS) is 12.5. The molecule has 0 radical (unpaired) electrons. The summed E-state index contributed by atoms with van der Waals surface area (Å²) < 4.78 is 17.0. The molecule has 0 aromatic heterocycles. The summed E-state index contributed by atoms with van der Waals surface area (Å²) in [6, 6.07) is 0. The van der Waals surface area contributed by atoms with Crippen LogP contribution in [0.2, 0.25) is 0 Å². The Morgan fingerprint density at radius 3 is 0.792 bits per heavy atom. The first-order valence-electron chi connectivity index (χ1n) is 33.4. The first-order chi connectivity index (χ1) is 38.0. The summed E-state index contributed by atoms with van der Waals surface area (Å²) in [4.78, 5) is 38.4. The minimum Gasteiger partial charge on any atom is -0.462 e. The number of unbranched alkanes of at least 4 members (excludes halogenated alkanes) is 38. The number of allylic oxidation sites excluding steroid dienone is 12. The molecule has 446 valence electrons. The van der Waals surface area contributed by atoms with Gasteiger partial charge in [-0.2, -0.15) is 0 Å². The van der Waals surface area contributed by atoms with E-state index in [9.17, 15) is 14.4 Å². The van der Waals surface area contributed by atoms with E-state index in [0.717, 1.165) is 109 Å². The van der Waals surface area contributed by atoms with E-state index in [0.29, 0.717) is 19.3 Å². The lowest BCUT2D eigenvalue weighted by Gasteiger charge is -2.18. The van der Waals surface area contributed by atoms with Crippen LogP contribution in [0.3, 0.4) is 0 Å². The minimum absolute atomic E-state index is 0.0788. The van der Waals surface area contributed by atoms with E-state index in [-0.39, 0.29) is 31.1 Å². The topological polar surface area (TPSA) is 78.9 Å². The Labute approximate surface area is 478 Å². The van der Waals surface area contributed by atoms with Crippen molar-refractivity contribution in [2.45, 2.75) is 348 Å². The molecule has 0 heterocycles. The second kappa shape index (κ2) is 65.4. The van der Waals surface area contributed by atoms with Crippen molar-refractivity contribution in [3.63, 3.8) is 0 Å². The fourth-order valence-electron chi connectivity index (χ4n) is 9.74. The van der Waals surface area contributed by atoms with Gasteiger partial charge in [0.25, 0.3) is 0 Å². The molecule has 0 aromatic carbocycles. The smallest absolute Gasteiger partial charge is 0.306 e. The SMILES string of the molecule is CC/C=C\C/C=C\C/C=C\C/C=C\C/C=C\C/C=C\CCCCCCC(=O)OCC(COC(=O)CCCCCCCCCCCCCCCCCCC)OC(=O)CCCCCCCCCCCCCCCCCCCCC. The van der Waals surface area contributed by atoms with Crippen LogP contribution in [0, 0.1) is 0 Å². The van der Waals surface area contributed by atoms with Crippen molar-refractivity contribution in [1.29, 1.82) is 0 Å². The number of hydrogen-bond donors (Lipinski definition) is 0. The van der Waals surface area contributed by atoms with E-state index in [1.807, 2.05) is 0 Å². The number of carbonyl (C=O) groups excluding carboxylic acids is 3. The Bertz CT molecular complexity index is 1420. The molecule has 0 fully saturated rings. The van der Waals surface area contributed by atoms with Gasteiger partial charge in [-0.3, -0.25) is 14.4 Å². The number of hydrogen-bond acceptors (Lipinski definition) is 6. The zero-order chi connectivity index (χ0) is 55.7. The average molecular weight is 1080 g/mol. The van der Waals surface area contributed by atoms with Gasteiger partial charge in [0.05, 0.1) is 0 Å². The van der Waals surface area contributed by atoms with Gasteiger partial charge in [-0.05, 0) is 70.6 Å². The lowest BCUT2D eigenvalue weighted by Crippen LogP contribution is -2.30. The fraction of sp³-hybridized carbons (Fsp3) is 0.789. The molecular weight excluding hydrogens is 949 g/mol. The van der Waals surface area contributed by atoms with E-state index < -0.39 is 6.10 Å². The van der Waals surface area contributed by atoms with E-state index in [1.165, 1.54) is 193 Å². The molecule has 77 heavy (non-hydrogen) atoms. The molecule has 0 saturated carbocycles. The van der Waals surface area contributed by atoms with E-state index in [2.05, 4.69) is 93.7 Å². The van der Waals surface area contributed by atoms with E-state index in [4.69, 9.17) is 14.2 Å². The minimum atomic E-state index is -0.785. The van der Waals surface area contributed by atoms with Crippen molar-refractivity contribution in [3.05, 3.63) is 72.9 Å². The molecule has 6 heteroatoms. The average Bonchev–Trinajstić information content (AvgIpc) is 3.43. The summed E-state index contributed by atoms with van der Waals surface area (Å²) in [5, 5.41) is 0. The third-order valence-corrected chi connectivity index (χ3v) is 14.7. The second-order valence-corrected chi connectivity index (χ2v) is 22.4. The number of ether oxygens (including phenoxy) is 3. The van der Waals surface area contributed by atoms with Crippen LogP contribution in [0.1, 0.15) is 342 Å². The number of carbonyl (C=O) groups is 3. The van der Waals surface area contributed by atoms with Crippen molar-refractivity contribution in [2.75, 3.05) is 13.2 Å². The molecule has 0 spiro atoms. The Hall–Kier alpha value is -3.15. The van der Waals surface area contributed by atoms with Gasteiger partial charge in [0, 0.05) is 19.3 Å². The predicted octanol–water partition coefficient (Wildman–Crippen LogP) is 22.9. The Morgan fingerprint density at radius 1 is 0.273 bits per heavy atom. The largest absolute Gasteiger partial charge is 0.462 e. The highest BCUT2D eigenvalue weighted by molar-refractivity contribution is 5.71. The zero-order valence-electron chi connectivity index (χ0n) is 51.2. The molecule has 0 aliphatic heterocycles. The first-order valence-corrected chi connectivity index (χ1v) is 33.4. The van der Waals surface area contributed by atoms with Crippen molar-refractivity contribution >= 4 is 17.9 Å². The molecule has 0 N–H and O–H groups in total. The Kier molecular flexibility index (Phi) is 62.7. The molecule has 6 nitrogen and oxygen atoms in total. The molecule has 1 unspecified atom stereocenters. The molecule has 1 atom stereocenters. The van der Waals surface area contributed by atoms with Crippen LogP contribution in [0.5, 0.6) is 0 Å². The maximum absolute atomic E-state index is 12.9. The van der Waals surface area contributed by atoms with Crippen LogP contribution in [0.25, 0.3) is 0 Å². The first kappa shape index (κ1) is 73.8. The van der Waals surface area contributed by atoms with Gasteiger partial charge in [-0.15, -0.1) is 0 Å². The van der Waals surface area contributed by atoms with Crippen LogP contribution in [0.15, 0.2) is 72.9 Å². The van der Waals surface area contributed by atoms with E-state index in [1.54, 1.807) is 0 Å². The quantitative estimate of drug-likeness (QED) is 0.0261. The molecule has 0 amide bonds. The number of esters is 3. The Balaban J connectivity index is 4.39. The van der Waals surface area contributed by atoms with Gasteiger partial charge >= 0.3 is 17.9 Å². The molecule has 0 aliphatic carbocycles. The highest BCUT2D eigenvalue weighted by atomic mass is 16.6. The molecule has 0 aromatic rings.